The molecule has 0 atom stereocenters. The number of ether oxygens (including phenoxy) is 1. The Morgan fingerprint density at radius 2 is 1.70 bits per heavy atom. The number of benzene rings is 2. The van der Waals surface area contributed by atoms with Crippen LogP contribution >= 0.6 is 0 Å². The van der Waals surface area contributed by atoms with Crippen molar-refractivity contribution in [3.63, 3.8) is 0 Å². The van der Waals surface area contributed by atoms with E-state index in [1.165, 1.54) is 5.56 Å². The molecule has 0 aliphatic heterocycles. The Morgan fingerprint density at radius 3 is 2.37 bits per heavy atom. The Kier molecular flexibility index (Phi) is 7.91. The summed E-state index contributed by atoms with van der Waals surface area (Å²) in [6, 6.07) is 17.8. The Morgan fingerprint density at radius 1 is 1.00 bits per heavy atom. The van der Waals surface area contributed by atoms with Crippen LogP contribution in [-0.2, 0) is 17.9 Å². The third-order valence-corrected chi connectivity index (χ3v) is 3.74. The summed E-state index contributed by atoms with van der Waals surface area (Å²) >= 11 is 0. The predicted molar refractivity (Wildman–Crippen MR) is 109 cm³/mol. The fraction of sp³-hybridized carbons (Fsp3) is 0.348. The van der Waals surface area contributed by atoms with Gasteiger partial charge in [-0.15, -0.1) is 0 Å². The molecule has 2 rings (SSSR count). The molecule has 0 fully saturated rings. The van der Waals surface area contributed by atoms with E-state index in [1.807, 2.05) is 42.5 Å². The normalized spacial score (nSPS) is 10.6. The number of amides is 1. The van der Waals surface area contributed by atoms with Crippen LogP contribution in [0.1, 0.15) is 43.9 Å². The summed E-state index contributed by atoms with van der Waals surface area (Å²) in [5, 5.41) is 6.17. The SMILES string of the molecule is CC(C)(C)NCc1ccc(C#CCCNC(=O)OCc2ccccc2)cc1. The molecular formula is C23H28N2O2. The number of rotatable bonds is 6. The number of hydrogen-bond donors (Lipinski definition) is 2. The maximum absolute atomic E-state index is 11.6. The van der Waals surface area contributed by atoms with E-state index >= 15 is 0 Å². The number of carbonyl (C=O) groups is 1. The largest absolute Gasteiger partial charge is 0.445 e. The van der Waals surface area contributed by atoms with Crippen LogP contribution in [0.25, 0.3) is 0 Å². The summed E-state index contributed by atoms with van der Waals surface area (Å²) in [7, 11) is 0. The molecule has 2 N–H and O–H groups in total. The highest BCUT2D eigenvalue weighted by atomic mass is 16.5. The van der Waals surface area contributed by atoms with E-state index in [9.17, 15) is 4.79 Å². The first-order valence-corrected chi connectivity index (χ1v) is 9.20. The Hall–Kier alpha value is -2.77. The van der Waals surface area contributed by atoms with Crippen LogP contribution in [0.5, 0.6) is 0 Å². The smallest absolute Gasteiger partial charge is 0.407 e. The fourth-order valence-electron chi connectivity index (χ4n) is 2.24. The average Bonchev–Trinajstić information content (AvgIpc) is 2.65. The summed E-state index contributed by atoms with van der Waals surface area (Å²) in [6.07, 6.45) is 0.157. The van der Waals surface area contributed by atoms with Gasteiger partial charge < -0.3 is 15.4 Å². The molecule has 4 heteroatoms. The van der Waals surface area contributed by atoms with Gasteiger partial charge in [-0.2, -0.15) is 0 Å². The predicted octanol–water partition coefficient (Wildman–Crippen LogP) is 4.24. The minimum atomic E-state index is -0.420. The van der Waals surface area contributed by atoms with Crippen molar-refractivity contribution in [1.29, 1.82) is 0 Å². The third-order valence-electron chi connectivity index (χ3n) is 3.74. The molecule has 0 heterocycles. The Bertz CT molecular complexity index is 766. The molecule has 0 bridgehead atoms. The second-order valence-electron chi connectivity index (χ2n) is 7.34. The lowest BCUT2D eigenvalue weighted by atomic mass is 10.1. The van der Waals surface area contributed by atoms with Crippen LogP contribution in [0, 0.1) is 11.8 Å². The first-order valence-electron chi connectivity index (χ1n) is 9.20. The van der Waals surface area contributed by atoms with Gasteiger partial charge in [0.1, 0.15) is 6.61 Å². The molecule has 0 aromatic heterocycles. The lowest BCUT2D eigenvalue weighted by Gasteiger charge is -2.20. The highest BCUT2D eigenvalue weighted by molar-refractivity contribution is 5.67. The first-order chi connectivity index (χ1) is 12.9. The number of carbonyl (C=O) groups excluding carboxylic acids is 1. The molecule has 27 heavy (non-hydrogen) atoms. The molecular weight excluding hydrogens is 336 g/mol. The summed E-state index contributed by atoms with van der Waals surface area (Å²) in [5.74, 6) is 6.18. The van der Waals surface area contributed by atoms with E-state index in [-0.39, 0.29) is 12.1 Å². The van der Waals surface area contributed by atoms with Gasteiger partial charge in [0.05, 0.1) is 0 Å². The van der Waals surface area contributed by atoms with Gasteiger partial charge in [0, 0.05) is 30.6 Å². The third kappa shape index (κ3) is 8.94. The molecule has 0 saturated heterocycles. The van der Waals surface area contributed by atoms with Crippen molar-refractivity contribution in [2.75, 3.05) is 6.54 Å². The summed E-state index contributed by atoms with van der Waals surface area (Å²) in [6.45, 7) is 8.03. The molecule has 0 radical (unpaired) electrons. The van der Waals surface area contributed by atoms with E-state index in [0.29, 0.717) is 13.0 Å². The van der Waals surface area contributed by atoms with Crippen molar-refractivity contribution < 1.29 is 9.53 Å². The van der Waals surface area contributed by atoms with Gasteiger partial charge in [0.15, 0.2) is 0 Å². The summed E-state index contributed by atoms with van der Waals surface area (Å²) in [4.78, 5) is 11.6. The fourth-order valence-corrected chi connectivity index (χ4v) is 2.24. The number of nitrogens with one attached hydrogen (secondary N) is 2. The maximum atomic E-state index is 11.6. The van der Waals surface area contributed by atoms with E-state index in [0.717, 1.165) is 17.7 Å². The molecule has 1 amide bonds. The quantitative estimate of drug-likeness (QED) is 0.595. The zero-order valence-electron chi connectivity index (χ0n) is 16.3. The molecule has 2 aromatic carbocycles. The van der Waals surface area contributed by atoms with Gasteiger partial charge in [0.25, 0.3) is 0 Å². The minimum absolute atomic E-state index is 0.105. The molecule has 4 nitrogen and oxygen atoms in total. The van der Waals surface area contributed by atoms with Gasteiger partial charge in [-0.3, -0.25) is 0 Å². The highest BCUT2D eigenvalue weighted by Crippen LogP contribution is 2.06. The highest BCUT2D eigenvalue weighted by Gasteiger charge is 2.07. The van der Waals surface area contributed by atoms with Crippen LogP contribution in [-0.4, -0.2) is 18.2 Å². The average molecular weight is 364 g/mol. The molecule has 0 spiro atoms. The zero-order chi connectivity index (χ0) is 19.5. The van der Waals surface area contributed by atoms with Crippen LogP contribution in [0.3, 0.4) is 0 Å². The molecule has 0 aliphatic rings. The van der Waals surface area contributed by atoms with Gasteiger partial charge >= 0.3 is 6.09 Å². The Labute approximate surface area is 162 Å². The van der Waals surface area contributed by atoms with Gasteiger partial charge in [-0.1, -0.05) is 54.3 Å². The van der Waals surface area contributed by atoms with E-state index < -0.39 is 6.09 Å². The van der Waals surface area contributed by atoms with Crippen LogP contribution in [0.4, 0.5) is 4.79 Å². The van der Waals surface area contributed by atoms with E-state index in [2.05, 4.69) is 55.4 Å². The van der Waals surface area contributed by atoms with Crippen molar-refractivity contribution in [2.24, 2.45) is 0 Å². The van der Waals surface area contributed by atoms with Crippen molar-refractivity contribution in [3.8, 4) is 11.8 Å². The topological polar surface area (TPSA) is 50.4 Å². The summed E-state index contributed by atoms with van der Waals surface area (Å²) < 4.78 is 5.15. The van der Waals surface area contributed by atoms with Crippen molar-refractivity contribution in [2.45, 2.75) is 45.9 Å². The second-order valence-corrected chi connectivity index (χ2v) is 7.34. The molecule has 0 aliphatic carbocycles. The number of alkyl carbamates (subject to hydrolysis) is 1. The lowest BCUT2D eigenvalue weighted by molar-refractivity contribution is 0.140. The van der Waals surface area contributed by atoms with E-state index in [1.54, 1.807) is 0 Å². The van der Waals surface area contributed by atoms with Gasteiger partial charge in [-0.05, 0) is 44.0 Å². The summed E-state index contributed by atoms with van der Waals surface area (Å²) in [5.41, 5.74) is 3.28. The van der Waals surface area contributed by atoms with Crippen LogP contribution in [0.15, 0.2) is 54.6 Å². The Balaban J connectivity index is 1.65. The van der Waals surface area contributed by atoms with Crippen LogP contribution in [0.2, 0.25) is 0 Å². The standard InChI is InChI=1S/C23H28N2O2/c1-23(2,3)25-17-20-14-12-19(13-15-20)9-7-8-16-24-22(26)27-18-21-10-5-4-6-11-21/h4-6,10-15,25H,8,16-18H2,1-3H3,(H,24,26). The molecule has 142 valence electrons. The van der Waals surface area contributed by atoms with Crippen molar-refractivity contribution in [3.05, 3.63) is 71.3 Å². The monoisotopic (exact) mass is 364 g/mol. The van der Waals surface area contributed by atoms with Crippen molar-refractivity contribution >= 4 is 6.09 Å². The lowest BCUT2D eigenvalue weighted by Crippen LogP contribution is -2.35. The van der Waals surface area contributed by atoms with Crippen molar-refractivity contribution in [1.82, 2.24) is 10.6 Å². The van der Waals surface area contributed by atoms with Crippen LogP contribution < -0.4 is 10.6 Å². The number of hydrogen-bond acceptors (Lipinski definition) is 3. The molecule has 2 aromatic rings. The zero-order valence-corrected chi connectivity index (χ0v) is 16.3. The maximum Gasteiger partial charge on any atom is 0.407 e. The van der Waals surface area contributed by atoms with Gasteiger partial charge in [0.2, 0.25) is 0 Å². The minimum Gasteiger partial charge on any atom is -0.445 e. The van der Waals surface area contributed by atoms with E-state index in [4.69, 9.17) is 4.74 Å². The van der Waals surface area contributed by atoms with Gasteiger partial charge in [-0.25, -0.2) is 4.79 Å². The molecule has 0 saturated carbocycles. The first kappa shape index (κ1) is 20.5. The molecule has 0 unspecified atom stereocenters. The second kappa shape index (κ2) is 10.4.